The van der Waals surface area contributed by atoms with Crippen molar-refractivity contribution in [1.29, 1.82) is 0 Å². The Bertz CT molecular complexity index is 1150. The molecule has 0 aliphatic carbocycles. The molecule has 0 unspecified atom stereocenters. The number of halogens is 1. The van der Waals surface area contributed by atoms with E-state index in [1.54, 1.807) is 63.2 Å². The SMILES string of the molecule is Cc1cc(C(=O)Nc2ccc(C)c(S(=O)(=O)Nc3ccccc3Cl)c2)c(C)o1. The normalized spacial score (nSPS) is 11.3. The van der Waals surface area contributed by atoms with Crippen LogP contribution in [0.5, 0.6) is 0 Å². The third kappa shape index (κ3) is 4.21. The van der Waals surface area contributed by atoms with Crippen molar-refractivity contribution < 1.29 is 17.6 Å². The number of para-hydroxylation sites is 1. The van der Waals surface area contributed by atoms with Crippen LogP contribution in [0.1, 0.15) is 27.4 Å². The zero-order valence-corrected chi connectivity index (χ0v) is 17.1. The van der Waals surface area contributed by atoms with Gasteiger partial charge in [0.25, 0.3) is 15.9 Å². The summed E-state index contributed by atoms with van der Waals surface area (Å²) >= 11 is 6.05. The topological polar surface area (TPSA) is 88.4 Å². The Morgan fingerprint density at radius 1 is 1.04 bits per heavy atom. The molecule has 0 radical (unpaired) electrons. The average Bonchev–Trinajstić information content (AvgIpc) is 2.97. The van der Waals surface area contributed by atoms with Crippen LogP contribution in [0.3, 0.4) is 0 Å². The first kappa shape index (κ1) is 20.0. The van der Waals surface area contributed by atoms with Crippen LogP contribution >= 0.6 is 11.6 Å². The largest absolute Gasteiger partial charge is 0.466 e. The van der Waals surface area contributed by atoms with E-state index in [4.69, 9.17) is 16.0 Å². The minimum absolute atomic E-state index is 0.0466. The van der Waals surface area contributed by atoms with Crippen molar-refractivity contribution in [2.75, 3.05) is 10.0 Å². The lowest BCUT2D eigenvalue weighted by atomic mass is 10.2. The Balaban J connectivity index is 1.90. The Hall–Kier alpha value is -2.77. The molecule has 0 saturated carbocycles. The molecule has 2 aromatic carbocycles. The summed E-state index contributed by atoms with van der Waals surface area (Å²) in [4.78, 5) is 12.5. The highest BCUT2D eigenvalue weighted by atomic mass is 35.5. The van der Waals surface area contributed by atoms with Gasteiger partial charge in [-0.15, -0.1) is 0 Å². The van der Waals surface area contributed by atoms with Gasteiger partial charge in [0.05, 0.1) is 21.2 Å². The van der Waals surface area contributed by atoms with Crippen LogP contribution in [0.25, 0.3) is 0 Å². The van der Waals surface area contributed by atoms with Gasteiger partial charge in [-0.25, -0.2) is 8.42 Å². The number of hydrogen-bond acceptors (Lipinski definition) is 4. The number of furan rings is 1. The molecule has 0 bridgehead atoms. The zero-order chi connectivity index (χ0) is 20.5. The van der Waals surface area contributed by atoms with Gasteiger partial charge in [-0.2, -0.15) is 0 Å². The van der Waals surface area contributed by atoms with Gasteiger partial charge in [0.1, 0.15) is 11.5 Å². The minimum Gasteiger partial charge on any atom is -0.466 e. The number of anilines is 2. The van der Waals surface area contributed by atoms with Crippen molar-refractivity contribution in [2.45, 2.75) is 25.7 Å². The fourth-order valence-electron chi connectivity index (χ4n) is 2.77. The number of carbonyl (C=O) groups excluding carboxylic acids is 1. The van der Waals surface area contributed by atoms with Crippen LogP contribution in [0.4, 0.5) is 11.4 Å². The van der Waals surface area contributed by atoms with Crippen molar-refractivity contribution in [1.82, 2.24) is 0 Å². The Morgan fingerprint density at radius 2 is 1.75 bits per heavy atom. The van der Waals surface area contributed by atoms with E-state index in [0.29, 0.717) is 33.4 Å². The van der Waals surface area contributed by atoms with Crippen LogP contribution in [-0.2, 0) is 10.0 Å². The molecule has 0 atom stereocenters. The van der Waals surface area contributed by atoms with E-state index in [0.717, 1.165) is 0 Å². The molecular formula is C20H19ClN2O4S. The number of carbonyl (C=O) groups is 1. The van der Waals surface area contributed by atoms with Gasteiger partial charge in [0.15, 0.2) is 0 Å². The highest BCUT2D eigenvalue weighted by Gasteiger charge is 2.20. The minimum atomic E-state index is -3.90. The van der Waals surface area contributed by atoms with Gasteiger partial charge in [-0.1, -0.05) is 29.8 Å². The van der Waals surface area contributed by atoms with Crippen molar-refractivity contribution in [2.24, 2.45) is 0 Å². The van der Waals surface area contributed by atoms with Crippen LogP contribution in [0, 0.1) is 20.8 Å². The first-order chi connectivity index (χ1) is 13.2. The maximum Gasteiger partial charge on any atom is 0.262 e. The average molecular weight is 419 g/mol. The molecule has 146 valence electrons. The number of aryl methyl sites for hydroxylation is 3. The van der Waals surface area contributed by atoms with Crippen LogP contribution < -0.4 is 10.0 Å². The van der Waals surface area contributed by atoms with E-state index < -0.39 is 10.0 Å². The van der Waals surface area contributed by atoms with Gasteiger partial charge in [0, 0.05) is 5.69 Å². The summed E-state index contributed by atoms with van der Waals surface area (Å²) in [5.74, 6) is 0.745. The van der Waals surface area contributed by atoms with E-state index in [2.05, 4.69) is 10.0 Å². The number of amides is 1. The molecule has 0 saturated heterocycles. The fourth-order valence-corrected chi connectivity index (χ4v) is 4.36. The monoisotopic (exact) mass is 418 g/mol. The van der Waals surface area contributed by atoms with E-state index in [-0.39, 0.29) is 16.5 Å². The predicted octanol–water partition coefficient (Wildman–Crippen LogP) is 4.91. The molecule has 0 spiro atoms. The fraction of sp³-hybridized carbons (Fsp3) is 0.150. The molecule has 3 aromatic rings. The summed E-state index contributed by atoms with van der Waals surface area (Å²) in [7, 11) is -3.90. The van der Waals surface area contributed by atoms with E-state index in [1.807, 2.05) is 0 Å². The molecule has 0 aliphatic heterocycles. The number of hydrogen-bond donors (Lipinski definition) is 2. The number of benzene rings is 2. The highest BCUT2D eigenvalue weighted by molar-refractivity contribution is 7.92. The zero-order valence-electron chi connectivity index (χ0n) is 15.5. The maximum atomic E-state index is 12.8. The summed E-state index contributed by atoms with van der Waals surface area (Å²) in [5, 5.41) is 3.00. The van der Waals surface area contributed by atoms with Gasteiger partial charge in [-0.05, 0) is 56.7 Å². The van der Waals surface area contributed by atoms with Crippen molar-refractivity contribution >= 4 is 38.9 Å². The summed E-state index contributed by atoms with van der Waals surface area (Å²) in [6, 6.07) is 12.9. The van der Waals surface area contributed by atoms with E-state index in [9.17, 15) is 13.2 Å². The first-order valence-electron chi connectivity index (χ1n) is 8.44. The second-order valence-electron chi connectivity index (χ2n) is 6.35. The quantitative estimate of drug-likeness (QED) is 0.616. The second-order valence-corrected chi connectivity index (χ2v) is 8.40. The third-order valence-corrected chi connectivity index (χ3v) is 5.98. The Morgan fingerprint density at radius 3 is 2.39 bits per heavy atom. The van der Waals surface area contributed by atoms with Crippen molar-refractivity contribution in [3.8, 4) is 0 Å². The van der Waals surface area contributed by atoms with Crippen molar-refractivity contribution in [3.05, 3.63) is 76.2 Å². The number of rotatable bonds is 5. The second kappa shape index (κ2) is 7.69. The lowest BCUT2D eigenvalue weighted by Crippen LogP contribution is -2.16. The maximum absolute atomic E-state index is 12.8. The van der Waals surface area contributed by atoms with Gasteiger partial charge < -0.3 is 9.73 Å². The molecule has 3 rings (SSSR count). The Kier molecular flexibility index (Phi) is 5.49. The summed E-state index contributed by atoms with van der Waals surface area (Å²) in [6.45, 7) is 5.12. The standard InChI is InChI=1S/C20H19ClN2O4S/c1-12-8-9-15(22-20(24)16-10-13(2)27-14(16)3)11-19(12)28(25,26)23-18-7-5-4-6-17(18)21/h4-11,23H,1-3H3,(H,22,24). The lowest BCUT2D eigenvalue weighted by molar-refractivity contribution is 0.102. The number of nitrogens with one attached hydrogen (secondary N) is 2. The Labute approximate surface area is 168 Å². The molecule has 0 fully saturated rings. The van der Waals surface area contributed by atoms with E-state index >= 15 is 0 Å². The molecule has 1 amide bonds. The lowest BCUT2D eigenvalue weighted by Gasteiger charge is -2.13. The number of sulfonamides is 1. The molecule has 2 N–H and O–H groups in total. The van der Waals surface area contributed by atoms with Gasteiger partial charge in [0.2, 0.25) is 0 Å². The van der Waals surface area contributed by atoms with Crippen LogP contribution in [0.2, 0.25) is 5.02 Å². The third-order valence-electron chi connectivity index (χ3n) is 4.14. The molecule has 8 heteroatoms. The highest BCUT2D eigenvalue weighted by Crippen LogP contribution is 2.27. The molecule has 28 heavy (non-hydrogen) atoms. The van der Waals surface area contributed by atoms with Crippen molar-refractivity contribution in [3.63, 3.8) is 0 Å². The first-order valence-corrected chi connectivity index (χ1v) is 10.3. The van der Waals surface area contributed by atoms with E-state index in [1.165, 1.54) is 6.07 Å². The molecule has 1 aromatic heterocycles. The molecule has 6 nitrogen and oxygen atoms in total. The summed E-state index contributed by atoms with van der Waals surface area (Å²) in [5.41, 5.74) is 1.57. The summed E-state index contributed by atoms with van der Waals surface area (Å²) in [6.07, 6.45) is 0. The molecular weight excluding hydrogens is 400 g/mol. The predicted molar refractivity (Wildman–Crippen MR) is 110 cm³/mol. The smallest absolute Gasteiger partial charge is 0.262 e. The van der Waals surface area contributed by atoms with Gasteiger partial charge >= 0.3 is 0 Å². The van der Waals surface area contributed by atoms with Crippen LogP contribution in [-0.4, -0.2) is 14.3 Å². The molecule has 0 aliphatic rings. The van der Waals surface area contributed by atoms with Gasteiger partial charge in [-0.3, -0.25) is 9.52 Å². The summed E-state index contributed by atoms with van der Waals surface area (Å²) < 4.78 is 33.5. The molecule has 1 heterocycles. The van der Waals surface area contributed by atoms with Crippen LogP contribution in [0.15, 0.2) is 57.8 Å².